The number of rotatable bonds is 16. The Bertz CT molecular complexity index is 263. The molecule has 0 saturated carbocycles. The smallest absolute Gasteiger partial charge is 0.245 e. The highest BCUT2D eigenvalue weighted by molar-refractivity contribution is 7.96. The second kappa shape index (κ2) is 14.5. The Hall–Kier alpha value is -0.0600. The van der Waals surface area contributed by atoms with Crippen LogP contribution in [0.3, 0.4) is 0 Å². The lowest BCUT2D eigenvalue weighted by Gasteiger charge is -2.30. The number of carbonyl (C=O) groups is 1. The second-order valence-corrected chi connectivity index (χ2v) is 6.26. The Morgan fingerprint density at radius 1 is 0.773 bits per heavy atom. The maximum atomic E-state index is 11.8. The third-order valence-corrected chi connectivity index (χ3v) is 4.28. The number of unbranched alkanes of at least 4 members (excludes halogenated alkanes) is 9. The summed E-state index contributed by atoms with van der Waals surface area (Å²) >= 11 is 3.96. The zero-order valence-electron chi connectivity index (χ0n) is 14.9. The van der Waals surface area contributed by atoms with Crippen LogP contribution >= 0.6 is 12.6 Å². The summed E-state index contributed by atoms with van der Waals surface area (Å²) in [5.41, 5.74) is 0. The number of hydrogen-bond acceptors (Lipinski definition) is 3. The third kappa shape index (κ3) is 9.86. The minimum Gasteiger partial charge on any atom is -0.343 e. The number of carbonyl (C=O) groups excluding carboxylic acids is 1. The molecule has 4 heteroatoms. The van der Waals surface area contributed by atoms with Crippen LogP contribution in [-0.2, 0) is 14.3 Å². The summed E-state index contributed by atoms with van der Waals surface area (Å²) in [5, 5.41) is -0.313. The van der Waals surface area contributed by atoms with Gasteiger partial charge in [0, 0.05) is 19.6 Å². The molecule has 0 N–H and O–H groups in total. The first-order valence-corrected chi connectivity index (χ1v) is 9.59. The highest BCUT2D eigenvalue weighted by atomic mass is 32.1. The molecule has 0 aromatic heterocycles. The zero-order valence-corrected chi connectivity index (χ0v) is 15.8. The van der Waals surface area contributed by atoms with Gasteiger partial charge < -0.3 is 9.47 Å². The molecule has 0 aliphatic heterocycles. The van der Waals surface area contributed by atoms with E-state index in [0.29, 0.717) is 19.6 Å². The van der Waals surface area contributed by atoms with Gasteiger partial charge in [0.1, 0.15) is 0 Å². The minimum atomic E-state index is -1.13. The molecular weight excluding hydrogens is 296 g/mol. The third-order valence-electron chi connectivity index (χ3n) is 3.94. The summed E-state index contributed by atoms with van der Waals surface area (Å²) in [6, 6.07) is 0. The van der Waals surface area contributed by atoms with Crippen LogP contribution in [-0.4, -0.2) is 24.1 Å². The summed E-state index contributed by atoms with van der Waals surface area (Å²) in [7, 11) is 0. The van der Waals surface area contributed by atoms with Gasteiger partial charge >= 0.3 is 0 Å². The molecule has 0 atom stereocenters. The molecule has 0 aliphatic rings. The fraction of sp³-hybridized carbons (Fsp3) is 0.944. The molecule has 132 valence electrons. The average Bonchev–Trinajstić information content (AvgIpc) is 2.49. The molecule has 0 aromatic rings. The monoisotopic (exact) mass is 332 g/mol. The molecule has 3 nitrogen and oxygen atoms in total. The van der Waals surface area contributed by atoms with E-state index in [1.165, 1.54) is 51.4 Å². The van der Waals surface area contributed by atoms with Gasteiger partial charge in [-0.1, -0.05) is 77.3 Å². The Kier molecular flexibility index (Phi) is 14.5. The molecular formula is C18H36O3S. The molecule has 0 spiro atoms. The lowest BCUT2D eigenvalue weighted by atomic mass is 10.0. The van der Waals surface area contributed by atoms with Crippen molar-refractivity contribution >= 4 is 17.7 Å². The molecule has 0 unspecified atom stereocenters. The van der Waals surface area contributed by atoms with Gasteiger partial charge in [0.2, 0.25) is 10.9 Å². The first-order chi connectivity index (χ1) is 10.6. The standard InChI is InChI=1S/C18H36O3S/c1-4-7-8-9-10-11-12-13-14-15-16-18(17(19)22,20-5-2)21-6-3/h4-16H2,1-3H3,(H,19,22). The van der Waals surface area contributed by atoms with Gasteiger partial charge in [-0.25, -0.2) is 0 Å². The maximum absolute atomic E-state index is 11.8. The molecule has 0 bridgehead atoms. The normalized spacial score (nSPS) is 11.8. The molecule has 0 fully saturated rings. The van der Waals surface area contributed by atoms with Crippen LogP contribution in [0.5, 0.6) is 0 Å². The van der Waals surface area contributed by atoms with E-state index < -0.39 is 5.79 Å². The van der Waals surface area contributed by atoms with Crippen LogP contribution in [0, 0.1) is 0 Å². The van der Waals surface area contributed by atoms with Crippen molar-refractivity contribution in [2.75, 3.05) is 13.2 Å². The maximum Gasteiger partial charge on any atom is 0.245 e. The second-order valence-electron chi connectivity index (χ2n) is 5.86. The van der Waals surface area contributed by atoms with E-state index in [2.05, 4.69) is 19.6 Å². The van der Waals surface area contributed by atoms with Gasteiger partial charge in [-0.3, -0.25) is 4.79 Å². The van der Waals surface area contributed by atoms with Gasteiger partial charge in [0.15, 0.2) is 0 Å². The van der Waals surface area contributed by atoms with Crippen LogP contribution in [0.15, 0.2) is 0 Å². The van der Waals surface area contributed by atoms with E-state index in [9.17, 15) is 4.79 Å². The zero-order chi connectivity index (χ0) is 16.7. The molecule has 0 heterocycles. The van der Waals surface area contributed by atoms with E-state index in [1.54, 1.807) is 0 Å². The van der Waals surface area contributed by atoms with Gasteiger partial charge in [-0.15, -0.1) is 0 Å². The van der Waals surface area contributed by atoms with Crippen molar-refractivity contribution < 1.29 is 14.3 Å². The average molecular weight is 333 g/mol. The van der Waals surface area contributed by atoms with E-state index in [1.807, 2.05) is 13.8 Å². The molecule has 0 amide bonds. The number of thiol groups is 1. The van der Waals surface area contributed by atoms with Crippen molar-refractivity contribution in [1.29, 1.82) is 0 Å². The van der Waals surface area contributed by atoms with Crippen molar-refractivity contribution in [1.82, 2.24) is 0 Å². The van der Waals surface area contributed by atoms with E-state index in [4.69, 9.17) is 9.47 Å². The Labute approximate surface area is 142 Å². The number of hydrogen-bond donors (Lipinski definition) is 1. The molecule has 0 radical (unpaired) electrons. The minimum absolute atomic E-state index is 0.313. The fourth-order valence-electron chi connectivity index (χ4n) is 2.73. The lowest BCUT2D eigenvalue weighted by Crippen LogP contribution is -2.42. The van der Waals surface area contributed by atoms with Gasteiger partial charge in [-0.2, -0.15) is 0 Å². The van der Waals surface area contributed by atoms with Crippen LogP contribution in [0.25, 0.3) is 0 Å². The largest absolute Gasteiger partial charge is 0.343 e. The van der Waals surface area contributed by atoms with E-state index in [0.717, 1.165) is 12.8 Å². The Morgan fingerprint density at radius 3 is 1.55 bits per heavy atom. The van der Waals surface area contributed by atoms with Gasteiger partial charge in [0.25, 0.3) is 0 Å². The Balaban J connectivity index is 3.78. The van der Waals surface area contributed by atoms with Crippen molar-refractivity contribution in [2.45, 2.75) is 97.2 Å². The first kappa shape index (κ1) is 21.9. The van der Waals surface area contributed by atoms with Crippen molar-refractivity contribution in [2.24, 2.45) is 0 Å². The van der Waals surface area contributed by atoms with Gasteiger partial charge in [-0.05, 0) is 20.3 Å². The van der Waals surface area contributed by atoms with E-state index in [-0.39, 0.29) is 5.12 Å². The van der Waals surface area contributed by atoms with Crippen LogP contribution < -0.4 is 0 Å². The van der Waals surface area contributed by atoms with Crippen LogP contribution in [0.2, 0.25) is 0 Å². The molecule has 22 heavy (non-hydrogen) atoms. The predicted octanol–water partition coefficient (Wildman–Crippen LogP) is 5.52. The highest BCUT2D eigenvalue weighted by Gasteiger charge is 2.37. The van der Waals surface area contributed by atoms with Crippen LogP contribution in [0.1, 0.15) is 91.4 Å². The molecule has 0 saturated heterocycles. The SMILES string of the molecule is CCCCCCCCCCCCC(OCC)(OCC)C(=O)S. The lowest BCUT2D eigenvalue weighted by molar-refractivity contribution is -0.221. The van der Waals surface area contributed by atoms with Crippen molar-refractivity contribution in [3.05, 3.63) is 0 Å². The topological polar surface area (TPSA) is 35.5 Å². The Morgan fingerprint density at radius 2 is 1.18 bits per heavy atom. The summed E-state index contributed by atoms with van der Waals surface area (Å²) in [4.78, 5) is 11.8. The molecule has 0 rings (SSSR count). The van der Waals surface area contributed by atoms with Crippen LogP contribution in [0.4, 0.5) is 0 Å². The summed E-state index contributed by atoms with van der Waals surface area (Å²) in [6.07, 6.45) is 13.3. The molecule has 0 aliphatic carbocycles. The summed E-state index contributed by atoms with van der Waals surface area (Å²) < 4.78 is 11.1. The van der Waals surface area contributed by atoms with Crippen molar-refractivity contribution in [3.63, 3.8) is 0 Å². The predicted molar refractivity (Wildman–Crippen MR) is 96.4 cm³/mol. The summed E-state index contributed by atoms with van der Waals surface area (Å²) in [6.45, 7) is 6.93. The summed E-state index contributed by atoms with van der Waals surface area (Å²) in [5.74, 6) is -1.13. The number of ether oxygens (including phenoxy) is 2. The highest BCUT2D eigenvalue weighted by Crippen LogP contribution is 2.25. The molecule has 0 aromatic carbocycles. The van der Waals surface area contributed by atoms with E-state index >= 15 is 0 Å². The first-order valence-electron chi connectivity index (χ1n) is 9.14. The fourth-order valence-corrected chi connectivity index (χ4v) is 2.97. The quantitative estimate of drug-likeness (QED) is 0.229. The van der Waals surface area contributed by atoms with Gasteiger partial charge in [0.05, 0.1) is 0 Å². The van der Waals surface area contributed by atoms with Crippen molar-refractivity contribution in [3.8, 4) is 0 Å².